The van der Waals surface area contributed by atoms with Gasteiger partial charge >= 0.3 is 5.97 Å². The molecule has 1 fully saturated rings. The Morgan fingerprint density at radius 2 is 2.28 bits per heavy atom. The Balaban J connectivity index is 1.84. The SMILES string of the molecule is CC1CC(Nc2nc3ccc(C(=O)O)cc3o2)C1. The number of anilines is 1. The third-order valence-corrected chi connectivity index (χ3v) is 3.34. The van der Waals surface area contributed by atoms with E-state index in [2.05, 4.69) is 17.2 Å². The van der Waals surface area contributed by atoms with Crippen molar-refractivity contribution in [3.8, 4) is 0 Å². The molecule has 0 saturated heterocycles. The van der Waals surface area contributed by atoms with Gasteiger partial charge in [-0.05, 0) is 37.0 Å². The fourth-order valence-corrected chi connectivity index (χ4v) is 2.31. The largest absolute Gasteiger partial charge is 0.478 e. The number of oxazole rings is 1. The molecule has 1 aliphatic rings. The second-order valence-electron chi connectivity index (χ2n) is 4.92. The first-order valence-electron chi connectivity index (χ1n) is 6.02. The van der Waals surface area contributed by atoms with Gasteiger partial charge in [0.1, 0.15) is 5.52 Å². The van der Waals surface area contributed by atoms with Crippen LogP contribution in [-0.4, -0.2) is 22.1 Å². The van der Waals surface area contributed by atoms with E-state index in [1.54, 1.807) is 6.07 Å². The Morgan fingerprint density at radius 3 is 2.94 bits per heavy atom. The molecule has 94 valence electrons. The standard InChI is InChI=1S/C13H14N2O3/c1-7-4-9(5-7)14-13-15-10-3-2-8(12(16)17)6-11(10)18-13/h2-3,6-7,9H,4-5H2,1H3,(H,14,15)(H,16,17). The minimum atomic E-state index is -0.962. The molecule has 0 bridgehead atoms. The van der Waals surface area contributed by atoms with E-state index in [1.165, 1.54) is 12.1 Å². The van der Waals surface area contributed by atoms with E-state index >= 15 is 0 Å². The maximum Gasteiger partial charge on any atom is 0.335 e. The minimum Gasteiger partial charge on any atom is -0.478 e. The average Bonchev–Trinajstić information content (AvgIpc) is 2.67. The molecule has 1 aromatic heterocycles. The van der Waals surface area contributed by atoms with Crippen molar-refractivity contribution < 1.29 is 14.3 Å². The van der Waals surface area contributed by atoms with Crippen molar-refractivity contribution in [2.45, 2.75) is 25.8 Å². The van der Waals surface area contributed by atoms with Gasteiger partial charge in [-0.25, -0.2) is 4.79 Å². The maximum absolute atomic E-state index is 10.8. The number of hydrogen-bond acceptors (Lipinski definition) is 4. The van der Waals surface area contributed by atoms with Crippen LogP contribution < -0.4 is 5.32 Å². The van der Waals surface area contributed by atoms with Gasteiger partial charge in [0.2, 0.25) is 0 Å². The smallest absolute Gasteiger partial charge is 0.335 e. The molecule has 0 unspecified atom stereocenters. The summed E-state index contributed by atoms with van der Waals surface area (Å²) in [6.07, 6.45) is 2.25. The van der Waals surface area contributed by atoms with Crippen molar-refractivity contribution in [1.82, 2.24) is 4.98 Å². The normalized spacial score (nSPS) is 22.7. The molecular weight excluding hydrogens is 232 g/mol. The van der Waals surface area contributed by atoms with Gasteiger partial charge in [-0.15, -0.1) is 0 Å². The molecule has 5 heteroatoms. The van der Waals surface area contributed by atoms with Crippen LogP contribution in [0.4, 0.5) is 6.01 Å². The summed E-state index contributed by atoms with van der Waals surface area (Å²) in [4.78, 5) is 15.1. The highest BCUT2D eigenvalue weighted by atomic mass is 16.4. The zero-order valence-corrected chi connectivity index (χ0v) is 10.0. The van der Waals surface area contributed by atoms with Gasteiger partial charge in [0.05, 0.1) is 5.56 Å². The lowest BCUT2D eigenvalue weighted by Crippen LogP contribution is -2.33. The van der Waals surface area contributed by atoms with Crippen molar-refractivity contribution in [2.75, 3.05) is 5.32 Å². The van der Waals surface area contributed by atoms with Crippen LogP contribution in [-0.2, 0) is 0 Å². The van der Waals surface area contributed by atoms with Gasteiger partial charge in [0.15, 0.2) is 5.58 Å². The Bertz CT molecular complexity index is 599. The fourth-order valence-electron chi connectivity index (χ4n) is 2.31. The van der Waals surface area contributed by atoms with E-state index in [1.807, 2.05) is 0 Å². The first-order chi connectivity index (χ1) is 8.61. The summed E-state index contributed by atoms with van der Waals surface area (Å²) in [7, 11) is 0. The minimum absolute atomic E-state index is 0.211. The topological polar surface area (TPSA) is 75.4 Å². The van der Waals surface area contributed by atoms with Crippen LogP contribution in [0.2, 0.25) is 0 Å². The monoisotopic (exact) mass is 246 g/mol. The Kier molecular flexibility index (Phi) is 2.47. The first-order valence-corrected chi connectivity index (χ1v) is 6.02. The quantitative estimate of drug-likeness (QED) is 0.870. The number of fused-ring (bicyclic) bond motifs is 1. The third kappa shape index (κ3) is 1.92. The van der Waals surface area contributed by atoms with Crippen LogP contribution in [0, 0.1) is 5.92 Å². The second-order valence-corrected chi connectivity index (χ2v) is 4.92. The molecule has 0 amide bonds. The number of carboxylic acid groups (broad SMARTS) is 1. The summed E-state index contributed by atoms with van der Waals surface area (Å²) in [6, 6.07) is 5.59. The summed E-state index contributed by atoms with van der Waals surface area (Å²) in [5.74, 6) is -0.207. The zero-order chi connectivity index (χ0) is 12.7. The van der Waals surface area contributed by atoms with E-state index < -0.39 is 5.97 Å². The van der Waals surface area contributed by atoms with Gasteiger partial charge < -0.3 is 14.8 Å². The molecule has 5 nitrogen and oxygen atoms in total. The summed E-state index contributed by atoms with van der Waals surface area (Å²) < 4.78 is 5.51. The van der Waals surface area contributed by atoms with Crippen LogP contribution in [0.25, 0.3) is 11.1 Å². The molecule has 0 radical (unpaired) electrons. The van der Waals surface area contributed by atoms with E-state index in [4.69, 9.17) is 9.52 Å². The van der Waals surface area contributed by atoms with Crippen LogP contribution in [0.3, 0.4) is 0 Å². The maximum atomic E-state index is 10.8. The number of carbonyl (C=O) groups is 1. The highest BCUT2D eigenvalue weighted by Gasteiger charge is 2.26. The Labute approximate surface area is 104 Å². The van der Waals surface area contributed by atoms with Gasteiger partial charge in [-0.2, -0.15) is 4.98 Å². The molecule has 1 saturated carbocycles. The lowest BCUT2D eigenvalue weighted by Gasteiger charge is -2.32. The van der Waals surface area contributed by atoms with Crippen LogP contribution in [0.5, 0.6) is 0 Å². The van der Waals surface area contributed by atoms with Crippen molar-refractivity contribution in [3.63, 3.8) is 0 Å². The van der Waals surface area contributed by atoms with Crippen molar-refractivity contribution >= 4 is 23.1 Å². The number of aromatic nitrogens is 1. The molecule has 1 aliphatic carbocycles. The summed E-state index contributed by atoms with van der Waals surface area (Å²) in [5.41, 5.74) is 1.39. The number of nitrogens with one attached hydrogen (secondary N) is 1. The number of rotatable bonds is 3. The number of nitrogens with zero attached hydrogens (tertiary/aromatic N) is 1. The van der Waals surface area contributed by atoms with Crippen molar-refractivity contribution in [1.29, 1.82) is 0 Å². The molecule has 18 heavy (non-hydrogen) atoms. The van der Waals surface area contributed by atoms with Crippen LogP contribution >= 0.6 is 0 Å². The lowest BCUT2D eigenvalue weighted by molar-refractivity contribution is 0.0697. The predicted octanol–water partition coefficient (Wildman–Crippen LogP) is 2.74. The Morgan fingerprint density at radius 1 is 1.50 bits per heavy atom. The number of benzene rings is 1. The number of aromatic carboxylic acids is 1. The van der Waals surface area contributed by atoms with Crippen LogP contribution in [0.15, 0.2) is 22.6 Å². The molecule has 0 aliphatic heterocycles. The predicted molar refractivity (Wildman–Crippen MR) is 66.8 cm³/mol. The molecule has 1 heterocycles. The summed E-state index contributed by atoms with van der Waals surface area (Å²) in [6.45, 7) is 2.21. The van der Waals surface area contributed by atoms with E-state index in [0.29, 0.717) is 23.2 Å². The molecule has 2 aromatic rings. The third-order valence-electron chi connectivity index (χ3n) is 3.34. The van der Waals surface area contributed by atoms with E-state index in [0.717, 1.165) is 18.8 Å². The molecule has 0 atom stereocenters. The summed E-state index contributed by atoms with van der Waals surface area (Å²) in [5, 5.41) is 12.1. The molecule has 2 N–H and O–H groups in total. The molecule has 1 aromatic carbocycles. The van der Waals surface area contributed by atoms with Gasteiger partial charge in [0.25, 0.3) is 6.01 Å². The zero-order valence-electron chi connectivity index (χ0n) is 10.0. The molecule has 0 spiro atoms. The van der Waals surface area contributed by atoms with E-state index in [-0.39, 0.29) is 5.56 Å². The van der Waals surface area contributed by atoms with Gasteiger partial charge in [-0.3, -0.25) is 0 Å². The average molecular weight is 246 g/mol. The van der Waals surface area contributed by atoms with Crippen molar-refractivity contribution in [3.05, 3.63) is 23.8 Å². The summed E-state index contributed by atoms with van der Waals surface area (Å²) >= 11 is 0. The Hall–Kier alpha value is -2.04. The molecular formula is C13H14N2O3. The molecule has 3 rings (SSSR count). The van der Waals surface area contributed by atoms with Crippen molar-refractivity contribution in [2.24, 2.45) is 5.92 Å². The van der Waals surface area contributed by atoms with Crippen LogP contribution in [0.1, 0.15) is 30.1 Å². The fraction of sp³-hybridized carbons (Fsp3) is 0.385. The van der Waals surface area contributed by atoms with Gasteiger partial charge in [0, 0.05) is 6.04 Å². The second kappa shape index (κ2) is 4.01. The number of hydrogen-bond donors (Lipinski definition) is 2. The lowest BCUT2D eigenvalue weighted by atomic mass is 9.82. The highest BCUT2D eigenvalue weighted by molar-refractivity contribution is 5.92. The van der Waals surface area contributed by atoms with Gasteiger partial charge in [-0.1, -0.05) is 6.92 Å². The highest BCUT2D eigenvalue weighted by Crippen LogP contribution is 2.30. The first kappa shape index (κ1) is 11.1. The van der Waals surface area contributed by atoms with E-state index in [9.17, 15) is 4.79 Å². The number of carboxylic acids is 1.